The van der Waals surface area contributed by atoms with Crippen LogP contribution >= 0.6 is 12.2 Å². The molecule has 1 aromatic heterocycles. The van der Waals surface area contributed by atoms with Gasteiger partial charge in [-0.05, 0) is 23.6 Å². The van der Waals surface area contributed by atoms with E-state index in [1.54, 1.807) is 0 Å². The van der Waals surface area contributed by atoms with Gasteiger partial charge in [0.2, 0.25) is 0 Å². The lowest BCUT2D eigenvalue weighted by atomic mass is 9.81. The van der Waals surface area contributed by atoms with Gasteiger partial charge in [0.05, 0.1) is 0 Å². The predicted molar refractivity (Wildman–Crippen MR) is 70.1 cm³/mol. The van der Waals surface area contributed by atoms with Gasteiger partial charge in [-0.3, -0.25) is 5.10 Å². The first-order valence-corrected chi connectivity index (χ1v) is 6.31. The van der Waals surface area contributed by atoms with Gasteiger partial charge >= 0.3 is 0 Å². The Morgan fingerprint density at radius 2 is 1.88 bits per heavy atom. The van der Waals surface area contributed by atoms with Crippen LogP contribution in [0.25, 0.3) is 0 Å². The summed E-state index contributed by atoms with van der Waals surface area (Å²) in [6.45, 7) is 14.3. The Balaban J connectivity index is 3.05. The normalized spacial score (nSPS) is 12.8. The summed E-state index contributed by atoms with van der Waals surface area (Å²) in [7, 11) is 0. The molecule has 16 heavy (non-hydrogen) atoms. The van der Waals surface area contributed by atoms with E-state index in [1.807, 2.05) is 0 Å². The van der Waals surface area contributed by atoms with Gasteiger partial charge in [-0.25, -0.2) is 0 Å². The maximum Gasteiger partial charge on any atom is 0.195 e. The van der Waals surface area contributed by atoms with E-state index < -0.39 is 0 Å². The molecule has 0 aliphatic rings. The lowest BCUT2D eigenvalue weighted by molar-refractivity contribution is 0.206. The van der Waals surface area contributed by atoms with E-state index >= 15 is 0 Å². The number of aromatic amines is 1. The van der Waals surface area contributed by atoms with E-state index in [0.717, 1.165) is 17.1 Å². The monoisotopic (exact) mass is 241 g/mol. The Labute approximate surface area is 103 Å². The number of aromatic nitrogens is 3. The van der Waals surface area contributed by atoms with Crippen molar-refractivity contribution in [2.75, 3.05) is 0 Å². The molecule has 3 nitrogen and oxygen atoms in total. The van der Waals surface area contributed by atoms with Crippen LogP contribution in [-0.2, 0) is 6.54 Å². The Hall–Kier alpha value is -0.640. The lowest BCUT2D eigenvalue weighted by Gasteiger charge is -2.30. The second-order valence-electron chi connectivity index (χ2n) is 5.77. The molecule has 92 valence electrons. The smallest absolute Gasteiger partial charge is 0.195 e. The first kappa shape index (κ1) is 13.4. The summed E-state index contributed by atoms with van der Waals surface area (Å²) in [5, 5.41) is 7.20. The molecule has 1 N–H and O–H groups in total. The molecule has 0 aliphatic carbocycles. The number of nitrogens with one attached hydrogen (secondary N) is 1. The predicted octanol–water partition coefficient (Wildman–Crippen LogP) is 3.75. The zero-order chi connectivity index (χ0) is 12.5. The summed E-state index contributed by atoms with van der Waals surface area (Å²) in [4.78, 5) is 0. The van der Waals surface area contributed by atoms with Crippen molar-refractivity contribution < 1.29 is 0 Å². The van der Waals surface area contributed by atoms with Crippen LogP contribution in [0, 0.1) is 16.1 Å². The molecule has 0 spiro atoms. The van der Waals surface area contributed by atoms with Crippen LogP contribution in [0.2, 0.25) is 0 Å². The number of rotatable bonds is 4. The molecule has 1 heterocycles. The van der Waals surface area contributed by atoms with Crippen molar-refractivity contribution in [2.24, 2.45) is 11.3 Å². The van der Waals surface area contributed by atoms with Crippen LogP contribution in [0.5, 0.6) is 0 Å². The molecule has 0 saturated heterocycles. The number of H-pyrrole nitrogens is 1. The molecule has 0 radical (unpaired) electrons. The zero-order valence-electron chi connectivity index (χ0n) is 11.2. The summed E-state index contributed by atoms with van der Waals surface area (Å²) in [6.07, 6.45) is 0. The number of hydrogen-bond acceptors (Lipinski definition) is 2. The molecule has 0 atom stereocenters. The third-order valence-corrected chi connectivity index (χ3v) is 3.74. The highest BCUT2D eigenvalue weighted by molar-refractivity contribution is 7.71. The van der Waals surface area contributed by atoms with Gasteiger partial charge in [-0.2, -0.15) is 5.10 Å². The number of nitrogens with zero attached hydrogens (tertiary/aromatic N) is 2. The molecule has 1 rings (SSSR count). The summed E-state index contributed by atoms with van der Waals surface area (Å²) in [5.41, 5.74) is 0.228. The van der Waals surface area contributed by atoms with E-state index in [2.05, 4.69) is 56.3 Å². The van der Waals surface area contributed by atoms with Crippen molar-refractivity contribution >= 4 is 12.2 Å². The minimum atomic E-state index is 0.228. The zero-order valence-corrected chi connectivity index (χ0v) is 12.0. The van der Waals surface area contributed by atoms with Crippen LogP contribution in [0.15, 0.2) is 0 Å². The molecular formula is C12H23N3S. The molecule has 1 aromatic rings. The fourth-order valence-electron chi connectivity index (χ4n) is 1.51. The van der Waals surface area contributed by atoms with E-state index in [1.165, 1.54) is 0 Å². The topological polar surface area (TPSA) is 33.6 Å². The minimum absolute atomic E-state index is 0.228. The average molecular weight is 241 g/mol. The van der Waals surface area contributed by atoms with Gasteiger partial charge in [0.15, 0.2) is 4.77 Å². The van der Waals surface area contributed by atoms with Crippen molar-refractivity contribution in [1.29, 1.82) is 0 Å². The highest BCUT2D eigenvalue weighted by Crippen LogP contribution is 2.29. The van der Waals surface area contributed by atoms with Gasteiger partial charge in [-0.1, -0.05) is 41.5 Å². The van der Waals surface area contributed by atoms with Crippen LogP contribution in [0.4, 0.5) is 0 Å². The molecule has 4 heteroatoms. The Morgan fingerprint density at radius 3 is 2.31 bits per heavy atom. The molecule has 0 bridgehead atoms. The van der Waals surface area contributed by atoms with Gasteiger partial charge in [0.1, 0.15) is 5.82 Å². The SMILES string of the molecule is CC(C)c1n[nH]c(=S)n1CC(C)(C)C(C)C. The van der Waals surface area contributed by atoms with Crippen molar-refractivity contribution in [1.82, 2.24) is 14.8 Å². The van der Waals surface area contributed by atoms with E-state index in [9.17, 15) is 0 Å². The molecule has 0 aliphatic heterocycles. The first-order chi connectivity index (χ1) is 7.25. The Bertz CT molecular complexity index is 399. The molecule has 0 aromatic carbocycles. The Kier molecular flexibility index (Phi) is 3.94. The molecule has 0 saturated carbocycles. The minimum Gasteiger partial charge on any atom is -0.303 e. The van der Waals surface area contributed by atoms with Crippen LogP contribution < -0.4 is 0 Å². The fourth-order valence-corrected chi connectivity index (χ4v) is 1.72. The van der Waals surface area contributed by atoms with E-state index in [4.69, 9.17) is 12.2 Å². The third kappa shape index (κ3) is 2.73. The van der Waals surface area contributed by atoms with Gasteiger partial charge < -0.3 is 4.57 Å². The van der Waals surface area contributed by atoms with Gasteiger partial charge in [0.25, 0.3) is 0 Å². The second-order valence-corrected chi connectivity index (χ2v) is 6.16. The second kappa shape index (κ2) is 4.70. The summed E-state index contributed by atoms with van der Waals surface area (Å²) < 4.78 is 2.87. The standard InChI is InChI=1S/C12H23N3S/c1-8(2)10-13-14-11(16)15(10)7-12(5,6)9(3)4/h8-9H,7H2,1-6H3,(H,14,16). The highest BCUT2D eigenvalue weighted by Gasteiger charge is 2.25. The highest BCUT2D eigenvalue weighted by atomic mass is 32.1. The van der Waals surface area contributed by atoms with Gasteiger partial charge in [-0.15, -0.1) is 0 Å². The van der Waals surface area contributed by atoms with Crippen LogP contribution in [0.1, 0.15) is 53.3 Å². The molecule has 0 amide bonds. The molecule has 0 unspecified atom stereocenters. The van der Waals surface area contributed by atoms with Crippen LogP contribution in [-0.4, -0.2) is 14.8 Å². The van der Waals surface area contributed by atoms with Gasteiger partial charge in [0, 0.05) is 12.5 Å². The average Bonchev–Trinajstić information content (AvgIpc) is 2.47. The van der Waals surface area contributed by atoms with Crippen molar-refractivity contribution in [3.8, 4) is 0 Å². The molecule has 0 fully saturated rings. The summed E-state index contributed by atoms with van der Waals surface area (Å²) in [5.74, 6) is 2.07. The van der Waals surface area contributed by atoms with Crippen LogP contribution in [0.3, 0.4) is 0 Å². The van der Waals surface area contributed by atoms with E-state index in [-0.39, 0.29) is 5.41 Å². The quantitative estimate of drug-likeness (QED) is 0.815. The third-order valence-electron chi connectivity index (χ3n) is 3.43. The summed E-state index contributed by atoms with van der Waals surface area (Å²) in [6, 6.07) is 0. The van der Waals surface area contributed by atoms with E-state index in [0.29, 0.717) is 11.8 Å². The maximum absolute atomic E-state index is 5.29. The van der Waals surface area contributed by atoms with Crippen molar-refractivity contribution in [3.63, 3.8) is 0 Å². The Morgan fingerprint density at radius 1 is 1.31 bits per heavy atom. The largest absolute Gasteiger partial charge is 0.303 e. The van der Waals surface area contributed by atoms with Crippen molar-refractivity contribution in [2.45, 2.75) is 54.0 Å². The lowest BCUT2D eigenvalue weighted by Crippen LogP contribution is -2.27. The molecular weight excluding hydrogens is 218 g/mol. The van der Waals surface area contributed by atoms with Crippen molar-refractivity contribution in [3.05, 3.63) is 10.6 Å². The summed E-state index contributed by atoms with van der Waals surface area (Å²) >= 11 is 5.29. The first-order valence-electron chi connectivity index (χ1n) is 5.91. The maximum atomic E-state index is 5.29. The number of hydrogen-bond donors (Lipinski definition) is 1. The fraction of sp³-hybridized carbons (Fsp3) is 0.833.